The monoisotopic (exact) mass is 716 g/mol. The number of hydrogen-bond acceptors (Lipinski definition) is 11. The first kappa shape index (κ1) is 35.5. The van der Waals surface area contributed by atoms with Crippen molar-refractivity contribution in [2.45, 2.75) is 83.7 Å². The zero-order chi connectivity index (χ0) is 35.5. The molecule has 4 atom stereocenters. The van der Waals surface area contributed by atoms with Crippen molar-refractivity contribution in [3.05, 3.63) is 49.9 Å². The van der Waals surface area contributed by atoms with Crippen LogP contribution >= 0.6 is 34.7 Å². The lowest BCUT2D eigenvalue weighted by Crippen LogP contribution is -2.59. The van der Waals surface area contributed by atoms with Crippen LogP contribution in [-0.2, 0) is 24.0 Å². The fourth-order valence-electron chi connectivity index (χ4n) is 5.66. The molecule has 0 radical (unpaired) electrons. The van der Waals surface area contributed by atoms with Crippen LogP contribution in [0.4, 0.5) is 4.79 Å². The number of aromatic nitrogens is 1. The molecule has 48 heavy (non-hydrogen) atoms. The van der Waals surface area contributed by atoms with E-state index in [1.54, 1.807) is 38.3 Å². The van der Waals surface area contributed by atoms with Gasteiger partial charge in [-0.2, -0.15) is 0 Å². The molecule has 2 unspecified atom stereocenters. The summed E-state index contributed by atoms with van der Waals surface area (Å²) >= 11 is 8.90. The van der Waals surface area contributed by atoms with Gasteiger partial charge >= 0.3 is 6.03 Å². The second-order valence-electron chi connectivity index (χ2n) is 12.8. The SMILES string of the molecule is CC(=O)C(C)(C)O/N=C(\C(=O)C[C@@H]1C(=O)N2C[C@@](C(C)=O)(N3CC(C)N(NC(=O)c4ccc(C)c(C)c4Cl)C3=O)SC12)c1csc(C)n1. The number of rotatable bonds is 11. The van der Waals surface area contributed by atoms with Gasteiger partial charge in [-0.3, -0.25) is 34.3 Å². The first-order valence-corrected chi connectivity index (χ1v) is 17.4. The molecule has 3 aliphatic heterocycles. The highest BCUT2D eigenvalue weighted by Crippen LogP contribution is 2.53. The Morgan fingerprint density at radius 2 is 1.85 bits per heavy atom. The van der Waals surface area contributed by atoms with Gasteiger partial charge in [-0.1, -0.05) is 34.6 Å². The normalized spacial score (nSPS) is 24.1. The van der Waals surface area contributed by atoms with Gasteiger partial charge in [-0.05, 0) is 72.6 Å². The Morgan fingerprint density at radius 1 is 1.17 bits per heavy atom. The Labute approximate surface area is 291 Å². The van der Waals surface area contributed by atoms with Gasteiger partial charge in [0.15, 0.2) is 33.5 Å². The summed E-state index contributed by atoms with van der Waals surface area (Å²) in [6.45, 7) is 13.0. The van der Waals surface area contributed by atoms with Crippen LogP contribution in [0.1, 0.15) is 73.2 Å². The number of aryl methyl sites for hydroxylation is 2. The fourth-order valence-corrected chi connectivity index (χ4v) is 8.30. The highest BCUT2D eigenvalue weighted by atomic mass is 35.5. The van der Waals surface area contributed by atoms with Crippen molar-refractivity contribution < 1.29 is 33.6 Å². The second kappa shape index (κ2) is 12.9. The van der Waals surface area contributed by atoms with E-state index in [9.17, 15) is 28.8 Å². The topological polar surface area (TPSA) is 159 Å². The average Bonchev–Trinajstić information content (AvgIpc) is 3.69. The summed E-state index contributed by atoms with van der Waals surface area (Å²) in [5, 5.41) is 7.26. The molecular formula is C32H37ClN6O7S2. The van der Waals surface area contributed by atoms with Crippen LogP contribution in [0.5, 0.6) is 0 Å². The van der Waals surface area contributed by atoms with Crippen LogP contribution in [0.25, 0.3) is 0 Å². The molecule has 4 heterocycles. The summed E-state index contributed by atoms with van der Waals surface area (Å²) in [4.78, 5) is 90.7. The molecule has 256 valence electrons. The third kappa shape index (κ3) is 6.11. The quantitative estimate of drug-likeness (QED) is 0.206. The van der Waals surface area contributed by atoms with Crippen LogP contribution < -0.4 is 5.43 Å². The maximum Gasteiger partial charge on any atom is 0.340 e. The largest absolute Gasteiger partial charge is 0.381 e. The van der Waals surface area contributed by atoms with Crippen molar-refractivity contribution in [1.82, 2.24) is 25.2 Å². The Hall–Kier alpha value is -3.82. The molecule has 1 aromatic heterocycles. The number of nitrogens with one attached hydrogen (secondary N) is 1. The molecule has 2 aromatic rings. The van der Waals surface area contributed by atoms with Gasteiger partial charge in [0, 0.05) is 18.3 Å². The first-order chi connectivity index (χ1) is 22.4. The number of urea groups is 1. The van der Waals surface area contributed by atoms with Crippen LogP contribution in [0.3, 0.4) is 0 Å². The van der Waals surface area contributed by atoms with Gasteiger partial charge in [-0.25, -0.2) is 14.8 Å². The minimum absolute atomic E-state index is 0.0629. The lowest BCUT2D eigenvalue weighted by molar-refractivity contribution is -0.152. The molecule has 16 heteroatoms. The molecule has 1 N–H and O–H groups in total. The minimum atomic E-state index is -1.43. The number of β-lactam (4-membered cyclic amide) rings is 1. The van der Waals surface area contributed by atoms with Gasteiger partial charge in [0.1, 0.15) is 5.69 Å². The number of thiazole rings is 1. The van der Waals surface area contributed by atoms with Crippen LogP contribution in [-0.4, -0.2) is 95.7 Å². The molecule has 5 rings (SSSR count). The van der Waals surface area contributed by atoms with Crippen LogP contribution in [0.2, 0.25) is 5.02 Å². The molecule has 3 fully saturated rings. The van der Waals surface area contributed by atoms with Crippen molar-refractivity contribution in [2.24, 2.45) is 11.1 Å². The van der Waals surface area contributed by atoms with E-state index in [0.29, 0.717) is 5.01 Å². The first-order valence-electron chi connectivity index (χ1n) is 15.3. The number of carbonyl (C=O) groups excluding carboxylic acids is 6. The molecule has 4 amide bonds. The molecule has 3 aliphatic rings. The molecule has 0 bridgehead atoms. The number of amides is 4. The van der Waals surface area contributed by atoms with E-state index in [1.165, 1.54) is 53.8 Å². The molecule has 3 saturated heterocycles. The van der Waals surface area contributed by atoms with Crippen molar-refractivity contribution in [1.29, 1.82) is 0 Å². The van der Waals surface area contributed by atoms with Gasteiger partial charge in [0.25, 0.3) is 5.91 Å². The number of carbonyl (C=O) groups is 6. The zero-order valence-corrected chi connectivity index (χ0v) is 30.3. The van der Waals surface area contributed by atoms with Gasteiger partial charge in [0.2, 0.25) is 5.91 Å². The van der Waals surface area contributed by atoms with Crippen molar-refractivity contribution >= 4 is 75.6 Å². The molecule has 13 nitrogen and oxygen atoms in total. The zero-order valence-electron chi connectivity index (χ0n) is 27.9. The summed E-state index contributed by atoms with van der Waals surface area (Å²) in [5.41, 5.74) is 3.40. The molecule has 0 aliphatic carbocycles. The number of oxime groups is 1. The summed E-state index contributed by atoms with van der Waals surface area (Å²) in [7, 11) is 0. The van der Waals surface area contributed by atoms with Gasteiger partial charge in [0.05, 0.1) is 39.5 Å². The van der Waals surface area contributed by atoms with E-state index in [2.05, 4.69) is 15.6 Å². The van der Waals surface area contributed by atoms with Crippen LogP contribution in [0, 0.1) is 26.7 Å². The van der Waals surface area contributed by atoms with Crippen molar-refractivity contribution in [3.63, 3.8) is 0 Å². The number of hydrazine groups is 1. The molecule has 0 saturated carbocycles. The van der Waals surface area contributed by atoms with E-state index in [0.717, 1.165) is 22.9 Å². The van der Waals surface area contributed by atoms with Gasteiger partial charge < -0.3 is 9.74 Å². The maximum absolute atomic E-state index is 13.8. The number of nitrogens with zero attached hydrogens (tertiary/aromatic N) is 5. The number of ketones is 3. The molecular weight excluding hydrogens is 680 g/mol. The van der Waals surface area contributed by atoms with E-state index in [1.807, 2.05) is 6.92 Å². The Balaban J connectivity index is 1.34. The lowest BCUT2D eigenvalue weighted by Gasteiger charge is -2.41. The van der Waals surface area contributed by atoms with E-state index < -0.39 is 45.5 Å². The number of benzene rings is 1. The fraction of sp³-hybridized carbons (Fsp3) is 0.500. The Kier molecular flexibility index (Phi) is 9.53. The lowest BCUT2D eigenvalue weighted by atomic mass is 9.90. The third-order valence-electron chi connectivity index (χ3n) is 9.13. The molecule has 1 aromatic carbocycles. The molecule has 0 spiro atoms. The smallest absolute Gasteiger partial charge is 0.340 e. The van der Waals surface area contributed by atoms with Crippen LogP contribution in [0.15, 0.2) is 22.7 Å². The van der Waals surface area contributed by atoms with E-state index >= 15 is 0 Å². The third-order valence-corrected chi connectivity index (χ3v) is 12.2. The van der Waals surface area contributed by atoms with Gasteiger partial charge in [-0.15, -0.1) is 11.3 Å². The highest BCUT2D eigenvalue weighted by Gasteiger charge is 2.65. The Morgan fingerprint density at radius 3 is 2.46 bits per heavy atom. The number of thioether (sulfide) groups is 1. The maximum atomic E-state index is 13.8. The standard InChI is InChI=1S/C32H37ClN6O7S2/c1-15-9-10-21(25(33)17(15)3)27(43)35-39-16(2)12-38(30(39)45)32(19(5)41)14-37-28(44)22(29(37)48-32)11-24(42)26(23-13-47-20(6)34-23)36-46-31(7,8)18(4)40/h9-10,13,16,22,29H,11-12,14H2,1-8H3,(H,35,43)/b36-26-/t16?,22-,29?,32-/m1/s1. The summed E-state index contributed by atoms with van der Waals surface area (Å²) in [6.07, 6.45) is -0.247. The average molecular weight is 717 g/mol. The predicted octanol–water partition coefficient (Wildman–Crippen LogP) is 4.06. The number of halogens is 1. The number of hydrogen-bond donors (Lipinski definition) is 1. The highest BCUT2D eigenvalue weighted by molar-refractivity contribution is 8.02. The number of Topliss-reactive ketones (excluding diaryl/α,β-unsaturated/α-hetero) is 3. The second-order valence-corrected chi connectivity index (χ2v) is 15.7. The predicted molar refractivity (Wildman–Crippen MR) is 181 cm³/mol. The van der Waals surface area contributed by atoms with E-state index in [4.69, 9.17) is 16.4 Å². The summed E-state index contributed by atoms with van der Waals surface area (Å²) < 4.78 is 0. The number of fused-ring (bicyclic) bond motifs is 1. The van der Waals surface area contributed by atoms with E-state index in [-0.39, 0.29) is 59.0 Å². The summed E-state index contributed by atoms with van der Waals surface area (Å²) in [5.74, 6) is -2.85. The summed E-state index contributed by atoms with van der Waals surface area (Å²) in [6, 6.07) is 2.25. The van der Waals surface area contributed by atoms with Crippen molar-refractivity contribution in [2.75, 3.05) is 13.1 Å². The Bertz CT molecular complexity index is 1780. The van der Waals surface area contributed by atoms with Crippen molar-refractivity contribution in [3.8, 4) is 0 Å². The minimum Gasteiger partial charge on any atom is -0.381 e.